The van der Waals surface area contributed by atoms with Gasteiger partial charge in [-0.05, 0) is 36.8 Å². The van der Waals surface area contributed by atoms with Crippen LogP contribution in [0.4, 0.5) is 5.69 Å². The molecule has 7 heteroatoms. The van der Waals surface area contributed by atoms with Crippen LogP contribution in [0, 0.1) is 0 Å². The number of ether oxygens (including phenoxy) is 2. The summed E-state index contributed by atoms with van der Waals surface area (Å²) in [6.07, 6.45) is 1.86. The van der Waals surface area contributed by atoms with Crippen LogP contribution in [0.25, 0.3) is 11.3 Å². The normalized spacial score (nSPS) is 14.9. The van der Waals surface area contributed by atoms with E-state index in [4.69, 9.17) is 9.47 Å². The number of fused-ring (bicyclic) bond motifs is 3. The smallest absolute Gasteiger partial charge is 0.247 e. The predicted molar refractivity (Wildman–Crippen MR) is 111 cm³/mol. The predicted octanol–water partition coefficient (Wildman–Crippen LogP) is 4.94. The Bertz CT molecular complexity index is 949. The van der Waals surface area contributed by atoms with Crippen LogP contribution in [0.5, 0.6) is 11.6 Å². The fourth-order valence-electron chi connectivity index (χ4n) is 2.95. The van der Waals surface area contributed by atoms with E-state index in [-0.39, 0.29) is 0 Å². The molecule has 0 spiro atoms. The number of thioether (sulfide) groups is 1. The molecule has 2 aromatic carbocycles. The number of nitrogens with zero attached hydrogens (tertiary/aromatic N) is 3. The number of hydrogen-bond acceptors (Lipinski definition) is 7. The van der Waals surface area contributed by atoms with Gasteiger partial charge in [-0.25, -0.2) is 0 Å². The Hall–Kier alpha value is -2.80. The van der Waals surface area contributed by atoms with Crippen LogP contribution in [-0.2, 0) is 0 Å². The lowest BCUT2D eigenvalue weighted by Gasteiger charge is -2.19. The van der Waals surface area contributed by atoms with Gasteiger partial charge >= 0.3 is 0 Å². The van der Waals surface area contributed by atoms with Crippen molar-refractivity contribution in [3.8, 4) is 22.9 Å². The summed E-state index contributed by atoms with van der Waals surface area (Å²) in [5.74, 6) is 2.26. The van der Waals surface area contributed by atoms with Crippen LogP contribution in [0.15, 0.2) is 53.7 Å². The fourth-order valence-corrected chi connectivity index (χ4v) is 3.81. The van der Waals surface area contributed by atoms with Crippen molar-refractivity contribution < 1.29 is 9.47 Å². The van der Waals surface area contributed by atoms with Crippen molar-refractivity contribution in [2.75, 3.05) is 18.2 Å². The van der Waals surface area contributed by atoms with Crippen molar-refractivity contribution in [3.63, 3.8) is 0 Å². The fraction of sp³-hybridized carbons (Fsp3) is 0.286. The van der Waals surface area contributed by atoms with Gasteiger partial charge < -0.3 is 14.8 Å². The van der Waals surface area contributed by atoms with Crippen LogP contribution in [0.2, 0.25) is 0 Å². The van der Waals surface area contributed by atoms with Gasteiger partial charge in [0, 0.05) is 22.6 Å². The number of para-hydroxylation sites is 1. The van der Waals surface area contributed by atoms with Crippen molar-refractivity contribution in [1.82, 2.24) is 15.2 Å². The number of unbranched alkanes of at least 4 members (excludes halogenated alkanes) is 1. The van der Waals surface area contributed by atoms with Crippen LogP contribution >= 0.6 is 11.8 Å². The summed E-state index contributed by atoms with van der Waals surface area (Å²) in [5.41, 5.74) is 3.49. The molecule has 0 radical (unpaired) electrons. The largest absolute Gasteiger partial charge is 0.497 e. The molecular weight excluding hydrogens is 372 g/mol. The SMILES string of the molecule is CCCCSc1nnc2c(n1)O[C@@H](c1ccc(OC)cc1)Nc1ccccc1-2. The summed E-state index contributed by atoms with van der Waals surface area (Å²) in [5, 5.41) is 12.8. The first kappa shape index (κ1) is 18.6. The molecule has 2 heterocycles. The summed E-state index contributed by atoms with van der Waals surface area (Å²) in [6, 6.07) is 15.8. The maximum atomic E-state index is 6.27. The Balaban J connectivity index is 1.71. The Labute approximate surface area is 168 Å². The van der Waals surface area contributed by atoms with E-state index in [2.05, 4.69) is 27.4 Å². The van der Waals surface area contributed by atoms with Gasteiger partial charge in [-0.15, -0.1) is 10.2 Å². The monoisotopic (exact) mass is 394 g/mol. The third-order valence-corrected chi connectivity index (χ3v) is 5.41. The number of rotatable bonds is 6. The highest BCUT2D eigenvalue weighted by atomic mass is 32.2. The van der Waals surface area contributed by atoms with E-state index in [1.165, 1.54) is 0 Å². The summed E-state index contributed by atoms with van der Waals surface area (Å²) in [4.78, 5) is 4.66. The second-order valence-electron chi connectivity index (χ2n) is 6.41. The van der Waals surface area contributed by atoms with E-state index in [1.54, 1.807) is 18.9 Å². The van der Waals surface area contributed by atoms with Crippen molar-refractivity contribution in [2.45, 2.75) is 31.1 Å². The van der Waals surface area contributed by atoms with Crippen molar-refractivity contribution >= 4 is 17.4 Å². The van der Waals surface area contributed by atoms with E-state index in [9.17, 15) is 0 Å². The van der Waals surface area contributed by atoms with Gasteiger partial charge in [0.2, 0.25) is 11.0 Å². The molecule has 0 saturated carbocycles. The Kier molecular flexibility index (Phi) is 5.62. The van der Waals surface area contributed by atoms with Gasteiger partial charge in [0.15, 0.2) is 11.9 Å². The minimum atomic E-state index is -0.390. The first-order valence-electron chi connectivity index (χ1n) is 9.32. The lowest BCUT2D eigenvalue weighted by Crippen LogP contribution is -2.17. The number of aromatic nitrogens is 3. The third kappa shape index (κ3) is 3.89. The first-order chi connectivity index (χ1) is 13.8. The van der Waals surface area contributed by atoms with Gasteiger partial charge in [-0.3, -0.25) is 0 Å². The van der Waals surface area contributed by atoms with E-state index in [0.717, 1.165) is 41.2 Å². The van der Waals surface area contributed by atoms with Crippen molar-refractivity contribution in [2.24, 2.45) is 0 Å². The molecule has 0 amide bonds. The summed E-state index contributed by atoms with van der Waals surface area (Å²) >= 11 is 1.61. The van der Waals surface area contributed by atoms with E-state index in [0.29, 0.717) is 16.7 Å². The highest BCUT2D eigenvalue weighted by Gasteiger charge is 2.26. The Morgan fingerprint density at radius 1 is 1.11 bits per heavy atom. The Morgan fingerprint density at radius 3 is 2.71 bits per heavy atom. The first-order valence-corrected chi connectivity index (χ1v) is 10.3. The average molecular weight is 395 g/mol. The Morgan fingerprint density at radius 2 is 1.93 bits per heavy atom. The molecule has 3 aromatic rings. The highest BCUT2D eigenvalue weighted by Crippen LogP contribution is 2.39. The molecule has 1 aliphatic rings. The van der Waals surface area contributed by atoms with E-state index >= 15 is 0 Å². The number of benzene rings is 2. The topological polar surface area (TPSA) is 69.2 Å². The van der Waals surface area contributed by atoms with Crippen LogP contribution < -0.4 is 14.8 Å². The quantitative estimate of drug-likeness (QED) is 0.469. The second kappa shape index (κ2) is 8.48. The summed E-state index contributed by atoms with van der Waals surface area (Å²) < 4.78 is 11.5. The molecule has 0 aliphatic carbocycles. The molecule has 6 nitrogen and oxygen atoms in total. The second-order valence-corrected chi connectivity index (χ2v) is 7.47. The lowest BCUT2D eigenvalue weighted by molar-refractivity contribution is 0.225. The third-order valence-electron chi connectivity index (χ3n) is 4.48. The summed E-state index contributed by atoms with van der Waals surface area (Å²) in [6.45, 7) is 2.17. The van der Waals surface area contributed by atoms with Crippen LogP contribution in [0.1, 0.15) is 31.6 Å². The molecule has 0 unspecified atom stereocenters. The van der Waals surface area contributed by atoms with Crippen molar-refractivity contribution in [3.05, 3.63) is 54.1 Å². The highest BCUT2D eigenvalue weighted by molar-refractivity contribution is 7.99. The van der Waals surface area contributed by atoms with Gasteiger partial charge in [0.1, 0.15) is 5.75 Å². The molecule has 1 aliphatic heterocycles. The number of nitrogens with one attached hydrogen (secondary N) is 1. The summed E-state index contributed by atoms with van der Waals surface area (Å²) in [7, 11) is 1.65. The lowest BCUT2D eigenvalue weighted by atomic mass is 10.1. The molecule has 28 heavy (non-hydrogen) atoms. The number of methoxy groups -OCH3 is 1. The molecule has 1 aromatic heterocycles. The molecule has 0 bridgehead atoms. The van der Waals surface area contributed by atoms with Crippen LogP contribution in [-0.4, -0.2) is 28.0 Å². The maximum absolute atomic E-state index is 6.27. The molecule has 144 valence electrons. The molecular formula is C21H22N4O2S. The molecule has 4 rings (SSSR count). The number of anilines is 1. The van der Waals surface area contributed by atoms with Gasteiger partial charge in [-0.1, -0.05) is 43.3 Å². The maximum Gasteiger partial charge on any atom is 0.247 e. The zero-order chi connectivity index (χ0) is 19.3. The molecule has 1 N–H and O–H groups in total. The van der Waals surface area contributed by atoms with Gasteiger partial charge in [0.05, 0.1) is 7.11 Å². The number of hydrogen-bond donors (Lipinski definition) is 1. The van der Waals surface area contributed by atoms with Crippen molar-refractivity contribution in [1.29, 1.82) is 0 Å². The van der Waals surface area contributed by atoms with Crippen LogP contribution in [0.3, 0.4) is 0 Å². The zero-order valence-corrected chi connectivity index (χ0v) is 16.7. The minimum absolute atomic E-state index is 0.390. The molecule has 0 saturated heterocycles. The van der Waals surface area contributed by atoms with E-state index in [1.807, 2.05) is 48.5 Å². The molecule has 1 atom stereocenters. The zero-order valence-electron chi connectivity index (χ0n) is 15.9. The minimum Gasteiger partial charge on any atom is -0.497 e. The van der Waals surface area contributed by atoms with Gasteiger partial charge in [-0.2, -0.15) is 4.98 Å². The van der Waals surface area contributed by atoms with E-state index < -0.39 is 6.23 Å². The molecule has 0 fully saturated rings. The standard InChI is InChI=1S/C21H22N4O2S/c1-3-4-13-28-21-23-20-18(24-25-21)16-7-5-6-8-17(16)22-19(27-20)14-9-11-15(26-2)12-10-14/h5-12,19,22H,3-4,13H2,1-2H3/t19-/m0/s1. The van der Waals surface area contributed by atoms with Gasteiger partial charge in [0.25, 0.3) is 0 Å². The average Bonchev–Trinajstić information content (AvgIpc) is 2.90.